The van der Waals surface area contributed by atoms with Crippen LogP contribution >= 0.6 is 0 Å². The predicted molar refractivity (Wildman–Crippen MR) is 73.4 cm³/mol. The van der Waals surface area contributed by atoms with Crippen molar-refractivity contribution in [3.63, 3.8) is 0 Å². The lowest BCUT2D eigenvalue weighted by Gasteiger charge is -2.31. The SMILES string of the molecule is CC(C)(C)c1cc2ncccc2n1C(C)(C)C. The third-order valence-electron chi connectivity index (χ3n) is 3.01. The highest BCUT2D eigenvalue weighted by molar-refractivity contribution is 5.77. The fraction of sp³-hybridized carbons (Fsp3) is 0.533. The van der Waals surface area contributed by atoms with Crippen LogP contribution in [-0.4, -0.2) is 9.55 Å². The quantitative estimate of drug-likeness (QED) is 0.666. The summed E-state index contributed by atoms with van der Waals surface area (Å²) in [4.78, 5) is 4.47. The van der Waals surface area contributed by atoms with Crippen LogP contribution in [0.3, 0.4) is 0 Å². The zero-order valence-corrected chi connectivity index (χ0v) is 11.7. The van der Waals surface area contributed by atoms with Gasteiger partial charge in [-0.05, 0) is 39.0 Å². The molecule has 2 aromatic heterocycles. The van der Waals surface area contributed by atoms with Gasteiger partial charge >= 0.3 is 0 Å². The Bertz CT molecular complexity index is 536. The number of hydrogen-bond acceptors (Lipinski definition) is 1. The predicted octanol–water partition coefficient (Wildman–Crippen LogP) is 4.09. The first-order valence-electron chi connectivity index (χ1n) is 6.19. The number of hydrogen-bond donors (Lipinski definition) is 0. The highest BCUT2D eigenvalue weighted by Gasteiger charge is 2.26. The number of rotatable bonds is 0. The molecule has 0 aliphatic heterocycles. The highest BCUT2D eigenvalue weighted by Crippen LogP contribution is 2.33. The van der Waals surface area contributed by atoms with E-state index in [4.69, 9.17) is 0 Å². The first-order chi connectivity index (χ1) is 7.71. The molecule has 0 saturated carbocycles. The normalized spacial score (nSPS) is 13.3. The monoisotopic (exact) mass is 230 g/mol. The van der Waals surface area contributed by atoms with Gasteiger partial charge in [0.15, 0.2) is 0 Å². The maximum absolute atomic E-state index is 4.47. The van der Waals surface area contributed by atoms with Gasteiger partial charge in [-0.25, -0.2) is 0 Å². The molecule has 0 aromatic carbocycles. The summed E-state index contributed by atoms with van der Waals surface area (Å²) >= 11 is 0. The zero-order valence-electron chi connectivity index (χ0n) is 11.7. The van der Waals surface area contributed by atoms with E-state index in [2.05, 4.69) is 63.2 Å². The minimum absolute atomic E-state index is 0.0768. The molecule has 2 nitrogen and oxygen atoms in total. The summed E-state index contributed by atoms with van der Waals surface area (Å²) in [7, 11) is 0. The summed E-state index contributed by atoms with van der Waals surface area (Å²) in [5, 5.41) is 0. The maximum atomic E-state index is 4.47. The van der Waals surface area contributed by atoms with Crippen molar-refractivity contribution in [2.75, 3.05) is 0 Å². The molecule has 0 fully saturated rings. The van der Waals surface area contributed by atoms with E-state index >= 15 is 0 Å². The zero-order chi connectivity index (χ0) is 12.8. The van der Waals surface area contributed by atoms with Crippen LogP contribution in [0.2, 0.25) is 0 Å². The summed E-state index contributed by atoms with van der Waals surface area (Å²) in [5.74, 6) is 0. The van der Waals surface area contributed by atoms with Crippen LogP contribution in [0.5, 0.6) is 0 Å². The minimum atomic E-state index is 0.0768. The van der Waals surface area contributed by atoms with E-state index in [1.54, 1.807) is 0 Å². The average Bonchev–Trinajstić information content (AvgIpc) is 2.54. The minimum Gasteiger partial charge on any atom is -0.337 e. The van der Waals surface area contributed by atoms with Gasteiger partial charge in [0.2, 0.25) is 0 Å². The Morgan fingerprint density at radius 1 is 1.06 bits per heavy atom. The van der Waals surface area contributed by atoms with Crippen molar-refractivity contribution in [2.24, 2.45) is 0 Å². The Balaban J connectivity index is 2.84. The topological polar surface area (TPSA) is 17.8 Å². The molecule has 0 unspecified atom stereocenters. The summed E-state index contributed by atoms with van der Waals surface area (Å²) in [6, 6.07) is 6.39. The van der Waals surface area contributed by atoms with Gasteiger partial charge in [-0.1, -0.05) is 20.8 Å². The van der Waals surface area contributed by atoms with E-state index in [9.17, 15) is 0 Å². The fourth-order valence-corrected chi connectivity index (χ4v) is 2.31. The number of aromatic nitrogens is 2. The Labute approximate surface area is 104 Å². The molecule has 92 valence electrons. The van der Waals surface area contributed by atoms with Crippen LogP contribution in [0, 0.1) is 0 Å². The van der Waals surface area contributed by atoms with Gasteiger partial charge in [-0.2, -0.15) is 0 Å². The number of nitrogens with zero attached hydrogens (tertiary/aromatic N) is 2. The molecule has 2 aromatic rings. The van der Waals surface area contributed by atoms with Crippen molar-refractivity contribution in [1.29, 1.82) is 0 Å². The third kappa shape index (κ3) is 2.08. The third-order valence-corrected chi connectivity index (χ3v) is 3.01. The lowest BCUT2D eigenvalue weighted by molar-refractivity contribution is 0.371. The van der Waals surface area contributed by atoms with Crippen LogP contribution < -0.4 is 0 Å². The molecule has 0 radical (unpaired) electrons. The van der Waals surface area contributed by atoms with Crippen LogP contribution in [0.4, 0.5) is 0 Å². The molecule has 2 heteroatoms. The van der Waals surface area contributed by atoms with E-state index in [1.807, 2.05) is 12.3 Å². The average molecular weight is 230 g/mol. The van der Waals surface area contributed by atoms with E-state index in [0.29, 0.717) is 0 Å². The summed E-state index contributed by atoms with van der Waals surface area (Å²) < 4.78 is 2.41. The molecule has 0 spiro atoms. The Morgan fingerprint density at radius 3 is 2.24 bits per heavy atom. The molecule has 0 N–H and O–H groups in total. The van der Waals surface area contributed by atoms with Gasteiger partial charge in [0.1, 0.15) is 0 Å². The van der Waals surface area contributed by atoms with Gasteiger partial charge in [-0.3, -0.25) is 4.98 Å². The largest absolute Gasteiger partial charge is 0.337 e. The van der Waals surface area contributed by atoms with Crippen LogP contribution in [-0.2, 0) is 11.0 Å². The molecule has 0 amide bonds. The lowest BCUT2D eigenvalue weighted by Crippen LogP contribution is -2.28. The highest BCUT2D eigenvalue weighted by atomic mass is 15.1. The lowest BCUT2D eigenvalue weighted by atomic mass is 9.91. The molecule has 0 bridgehead atoms. The van der Waals surface area contributed by atoms with Crippen molar-refractivity contribution in [3.8, 4) is 0 Å². The molecular weight excluding hydrogens is 208 g/mol. The smallest absolute Gasteiger partial charge is 0.0884 e. The van der Waals surface area contributed by atoms with Gasteiger partial charge in [0.05, 0.1) is 11.0 Å². The second kappa shape index (κ2) is 3.59. The van der Waals surface area contributed by atoms with Gasteiger partial charge in [0.25, 0.3) is 0 Å². The molecule has 0 atom stereocenters. The van der Waals surface area contributed by atoms with Gasteiger partial charge in [-0.15, -0.1) is 0 Å². The summed E-state index contributed by atoms with van der Waals surface area (Å²) in [6.45, 7) is 13.5. The van der Waals surface area contributed by atoms with Crippen LogP contribution in [0.15, 0.2) is 24.4 Å². The summed E-state index contributed by atoms with van der Waals surface area (Å²) in [6.07, 6.45) is 1.86. The van der Waals surface area contributed by atoms with Crippen molar-refractivity contribution in [2.45, 2.75) is 52.5 Å². The molecular formula is C15H22N2. The van der Waals surface area contributed by atoms with Crippen molar-refractivity contribution >= 4 is 11.0 Å². The fourth-order valence-electron chi connectivity index (χ4n) is 2.31. The van der Waals surface area contributed by atoms with E-state index in [-0.39, 0.29) is 11.0 Å². The standard InChI is InChI=1S/C15H22N2/c1-14(2,3)13-10-11-12(8-7-9-16-11)17(13)15(4,5)6/h7-10H,1-6H3. The molecule has 0 aliphatic rings. The van der Waals surface area contributed by atoms with Gasteiger partial charge in [0, 0.05) is 22.8 Å². The van der Waals surface area contributed by atoms with E-state index in [1.165, 1.54) is 11.2 Å². The Hall–Kier alpha value is -1.31. The molecule has 0 saturated heterocycles. The van der Waals surface area contributed by atoms with Crippen LogP contribution in [0.1, 0.15) is 47.2 Å². The molecule has 17 heavy (non-hydrogen) atoms. The van der Waals surface area contributed by atoms with E-state index < -0.39 is 0 Å². The maximum Gasteiger partial charge on any atom is 0.0884 e. The Morgan fingerprint density at radius 2 is 1.71 bits per heavy atom. The first-order valence-corrected chi connectivity index (χ1v) is 6.19. The molecule has 0 aliphatic carbocycles. The summed E-state index contributed by atoms with van der Waals surface area (Å²) in [5.41, 5.74) is 3.87. The van der Waals surface area contributed by atoms with E-state index in [0.717, 1.165) is 5.52 Å². The van der Waals surface area contributed by atoms with Gasteiger partial charge < -0.3 is 4.57 Å². The molecule has 2 heterocycles. The second-order valence-electron chi connectivity index (χ2n) is 6.69. The van der Waals surface area contributed by atoms with Crippen LogP contribution in [0.25, 0.3) is 11.0 Å². The molecule has 2 rings (SSSR count). The van der Waals surface area contributed by atoms with Crippen molar-refractivity contribution in [1.82, 2.24) is 9.55 Å². The number of fused-ring (bicyclic) bond motifs is 1. The second-order valence-corrected chi connectivity index (χ2v) is 6.69. The van der Waals surface area contributed by atoms with Crippen molar-refractivity contribution < 1.29 is 0 Å². The first kappa shape index (κ1) is 12.2. The Kier molecular flexibility index (Phi) is 2.57. The van der Waals surface area contributed by atoms with Crippen molar-refractivity contribution in [3.05, 3.63) is 30.1 Å². The number of pyridine rings is 1.